The second-order valence-corrected chi connectivity index (χ2v) is 18.1. The van der Waals surface area contributed by atoms with Gasteiger partial charge in [0.2, 0.25) is 41.4 Å². The number of likely N-dealkylation sites (N-methyl/N-ethyl adjacent to an activating group) is 1. The van der Waals surface area contributed by atoms with Crippen LogP contribution in [0.5, 0.6) is 5.75 Å². The molecule has 2 aromatic rings. The maximum atomic E-state index is 14.6. The number of aromatic amines is 1. The third kappa shape index (κ3) is 17.6. The number of carbonyl (C=O) groups excluding carboxylic acids is 7. The number of aromatic nitrogens is 2. The molecule has 1 aliphatic rings. The summed E-state index contributed by atoms with van der Waals surface area (Å²) >= 11 is 0. The quantitative estimate of drug-likeness (QED) is 0.0271. The third-order valence-corrected chi connectivity index (χ3v) is 12.4. The molecule has 1 aliphatic heterocycles. The Bertz CT molecular complexity index is 2080. The number of carboxylic acid groups (broad SMARTS) is 1. The Morgan fingerprint density at radius 1 is 0.814 bits per heavy atom. The zero-order valence-corrected chi connectivity index (χ0v) is 41.6. The van der Waals surface area contributed by atoms with Gasteiger partial charge in [-0.2, -0.15) is 0 Å². The van der Waals surface area contributed by atoms with E-state index in [0.717, 1.165) is 0 Å². The largest absolute Gasteiger partial charge is 0.497 e. The molecule has 0 bridgehead atoms. The van der Waals surface area contributed by atoms with E-state index >= 15 is 0 Å². The molecule has 1 aromatic heterocycles. The molecule has 388 valence electrons. The molecule has 0 spiro atoms. The number of ether oxygens (including phenoxy) is 1. The van der Waals surface area contributed by atoms with Gasteiger partial charge in [-0.3, -0.25) is 38.6 Å². The van der Waals surface area contributed by atoms with Gasteiger partial charge in [0.15, 0.2) is 5.96 Å². The van der Waals surface area contributed by atoms with Crippen LogP contribution in [0.2, 0.25) is 0 Å². The molecule has 0 saturated carbocycles. The van der Waals surface area contributed by atoms with Crippen molar-refractivity contribution < 1.29 is 48.2 Å². The Labute approximate surface area is 409 Å². The number of nitrogens with zero attached hydrogens (tertiary/aromatic N) is 3. The van der Waals surface area contributed by atoms with Gasteiger partial charge >= 0.3 is 5.97 Å². The van der Waals surface area contributed by atoms with E-state index in [4.69, 9.17) is 16.2 Å². The second-order valence-electron chi connectivity index (χ2n) is 18.1. The Morgan fingerprint density at radius 3 is 2.00 bits per heavy atom. The zero-order chi connectivity index (χ0) is 52.1. The number of hydrogen-bond acceptors (Lipinski definition) is 12. The first-order chi connectivity index (χ1) is 33.2. The molecule has 0 radical (unpaired) electrons. The number of hydrogen-bond donors (Lipinski definition) is 11. The molecule has 0 aliphatic carbocycles. The van der Waals surface area contributed by atoms with Crippen molar-refractivity contribution in [3.05, 3.63) is 48.0 Å². The lowest BCUT2D eigenvalue weighted by Gasteiger charge is -2.32. The van der Waals surface area contributed by atoms with Gasteiger partial charge in [0.25, 0.3) is 0 Å². The predicted octanol–water partition coefficient (Wildman–Crippen LogP) is -0.791. The fourth-order valence-corrected chi connectivity index (χ4v) is 7.90. The molecule has 7 amide bonds. The molecule has 0 unspecified atom stereocenters. The number of methoxy groups -OCH3 is 1. The first-order valence-corrected chi connectivity index (χ1v) is 23.9. The zero-order valence-electron chi connectivity index (χ0n) is 41.6. The van der Waals surface area contributed by atoms with E-state index in [1.54, 1.807) is 59.0 Å². The van der Waals surface area contributed by atoms with E-state index in [1.807, 2.05) is 13.8 Å². The monoisotopic (exact) mass is 982 g/mol. The van der Waals surface area contributed by atoms with Gasteiger partial charge in [-0.1, -0.05) is 66.5 Å². The van der Waals surface area contributed by atoms with Crippen molar-refractivity contribution >= 4 is 53.3 Å². The number of nitrogens with one attached hydrogen (secondary N) is 8. The number of aliphatic carboxylic acids is 1. The van der Waals surface area contributed by atoms with Crippen molar-refractivity contribution in [1.29, 1.82) is 0 Å². The summed E-state index contributed by atoms with van der Waals surface area (Å²) in [7, 11) is 3.08. The summed E-state index contributed by atoms with van der Waals surface area (Å²) in [5, 5.41) is 29.1. The second kappa shape index (κ2) is 28.6. The normalized spacial score (nSPS) is 16.8. The summed E-state index contributed by atoms with van der Waals surface area (Å²) in [4.78, 5) is 122. The first-order valence-electron chi connectivity index (χ1n) is 23.9. The summed E-state index contributed by atoms with van der Waals surface area (Å²) in [5.74, 6) is -6.64. The smallest absolute Gasteiger partial charge is 0.326 e. The fourth-order valence-electron chi connectivity index (χ4n) is 7.90. The van der Waals surface area contributed by atoms with Crippen LogP contribution in [0.4, 0.5) is 0 Å². The highest BCUT2D eigenvalue weighted by atomic mass is 16.5. The highest BCUT2D eigenvalue weighted by Gasteiger charge is 2.41. The Hall–Kier alpha value is -6.78. The lowest BCUT2D eigenvalue weighted by atomic mass is 9.96. The van der Waals surface area contributed by atoms with Gasteiger partial charge in [0.05, 0.1) is 20.0 Å². The Kier molecular flexibility index (Phi) is 23.5. The molecule has 1 saturated heterocycles. The summed E-state index contributed by atoms with van der Waals surface area (Å²) in [6, 6.07) is -1.39. The Balaban J connectivity index is 1.94. The average Bonchev–Trinajstić information content (AvgIpc) is 4.04. The van der Waals surface area contributed by atoms with Crippen LogP contribution in [0.3, 0.4) is 0 Å². The van der Waals surface area contributed by atoms with Gasteiger partial charge in [0.1, 0.15) is 48.0 Å². The van der Waals surface area contributed by atoms with E-state index in [1.165, 1.54) is 24.5 Å². The van der Waals surface area contributed by atoms with Crippen LogP contribution < -0.4 is 53.4 Å². The van der Waals surface area contributed by atoms with E-state index in [2.05, 4.69) is 52.2 Å². The number of carboxylic acids is 1. The molecule has 9 atom stereocenters. The fraction of sp³-hybridized carbons (Fsp3) is 0.617. The van der Waals surface area contributed by atoms with Crippen LogP contribution in [-0.2, 0) is 51.2 Å². The van der Waals surface area contributed by atoms with Gasteiger partial charge in [0, 0.05) is 37.8 Å². The third-order valence-electron chi connectivity index (χ3n) is 12.4. The topological polar surface area (TPSA) is 347 Å². The number of carbonyl (C=O) groups is 8. The minimum absolute atomic E-state index is 0.0538. The molecule has 1 aromatic carbocycles. The van der Waals surface area contributed by atoms with Crippen molar-refractivity contribution in [3.63, 3.8) is 0 Å². The van der Waals surface area contributed by atoms with Gasteiger partial charge in [-0.15, -0.1) is 0 Å². The first kappa shape index (κ1) is 57.5. The van der Waals surface area contributed by atoms with Gasteiger partial charge < -0.3 is 68.4 Å². The number of likely N-dealkylation sites (tertiary alicyclic amines) is 1. The van der Waals surface area contributed by atoms with E-state index < -0.39 is 101 Å². The molecule has 1 fully saturated rings. The molecule has 70 heavy (non-hydrogen) atoms. The van der Waals surface area contributed by atoms with Crippen molar-refractivity contribution in [2.24, 2.45) is 34.2 Å². The van der Waals surface area contributed by atoms with Gasteiger partial charge in [-0.05, 0) is 68.2 Å². The number of imidazole rings is 1. The van der Waals surface area contributed by atoms with Crippen LogP contribution in [0.15, 0.2) is 41.8 Å². The van der Waals surface area contributed by atoms with E-state index in [0.29, 0.717) is 42.7 Å². The molecule has 3 rings (SSSR count). The highest BCUT2D eigenvalue weighted by Crippen LogP contribution is 2.22. The summed E-state index contributed by atoms with van der Waals surface area (Å²) in [5.41, 5.74) is 12.0. The molecule has 23 heteroatoms. The predicted molar refractivity (Wildman–Crippen MR) is 261 cm³/mol. The number of benzene rings is 1. The van der Waals surface area contributed by atoms with Crippen LogP contribution in [-0.4, -0.2) is 149 Å². The molecular formula is C47H75N13O10. The van der Waals surface area contributed by atoms with Gasteiger partial charge in [-0.25, -0.2) is 9.78 Å². The van der Waals surface area contributed by atoms with Crippen molar-refractivity contribution in [2.75, 3.05) is 33.8 Å². The number of H-pyrrole nitrogens is 1. The molecule has 2 heterocycles. The minimum atomic E-state index is -1.31. The summed E-state index contributed by atoms with van der Waals surface area (Å²) in [6.07, 6.45) is 4.89. The number of aliphatic imine (C=N–C) groups is 1. The van der Waals surface area contributed by atoms with Crippen LogP contribution in [0.1, 0.15) is 91.3 Å². The van der Waals surface area contributed by atoms with Crippen molar-refractivity contribution in [1.82, 2.24) is 52.1 Å². The summed E-state index contributed by atoms with van der Waals surface area (Å²) in [6.45, 7) is 10.8. The van der Waals surface area contributed by atoms with Crippen LogP contribution in [0.25, 0.3) is 0 Å². The maximum Gasteiger partial charge on any atom is 0.326 e. The lowest BCUT2D eigenvalue weighted by molar-refractivity contribution is -0.146. The van der Waals surface area contributed by atoms with Crippen molar-refractivity contribution in [3.8, 4) is 5.75 Å². The van der Waals surface area contributed by atoms with Crippen LogP contribution in [0, 0.1) is 17.8 Å². The van der Waals surface area contributed by atoms with E-state index in [9.17, 15) is 43.5 Å². The molecule has 13 N–H and O–H groups in total. The standard InChI is InChI=1S/C47H75N13O10/c1-9-27(5)38(44(66)56-34(22-30-23-51-25-53-30)45(67)60-20-12-14-35(60)42(64)59-39(46(68)69)28(6)10-2)58-41(63)33(21-29-15-17-31(70-8)18-16-29)55-43(65)37(26(3)4)57-40(62)32(54-36(61)24-50-7)13-11-19-52-47(48)49/h15-18,23,25-28,32-35,37-39,50H,9-14,19-22,24H2,1-8H3,(H,51,53)(H,54,61)(H,55,65)(H,56,66)(H,57,62)(H,58,63)(H,59,64)(H,68,69)(H4,48,49,52)/t27-,28-,32-,33-,34-,35-,37-,38-,39-/m0/s1. The minimum Gasteiger partial charge on any atom is -0.497 e. The van der Waals surface area contributed by atoms with E-state index in [-0.39, 0.29) is 57.2 Å². The number of rotatable bonds is 29. The highest BCUT2D eigenvalue weighted by molar-refractivity contribution is 5.98. The maximum absolute atomic E-state index is 14.6. The number of nitrogens with two attached hydrogens (primary N) is 2. The molecule has 23 nitrogen and oxygen atoms in total. The number of guanidine groups is 1. The summed E-state index contributed by atoms with van der Waals surface area (Å²) < 4.78 is 5.31. The SMILES string of the molecule is CC[C@H](C)[C@H](NC(=O)[C@@H]1CCCN1C(=O)[C@H](Cc1cnc[nH]1)NC(=O)[C@@H](NC(=O)[C@H](Cc1ccc(OC)cc1)NC(=O)[C@@H](NC(=O)[C@H](CCCN=C(N)N)NC(=O)CNC)C(C)C)[C@@H](C)CC)C(=O)O. The van der Waals surface area contributed by atoms with Crippen molar-refractivity contribution in [2.45, 2.75) is 135 Å². The molecular weight excluding hydrogens is 907 g/mol. The average molecular weight is 982 g/mol. The van der Waals surface area contributed by atoms with Crippen LogP contribution >= 0.6 is 0 Å². The Morgan fingerprint density at radius 2 is 1.43 bits per heavy atom. The number of amides is 7. The lowest BCUT2D eigenvalue weighted by Crippen LogP contribution is -2.62.